The van der Waals surface area contributed by atoms with Crippen molar-refractivity contribution in [1.82, 2.24) is 0 Å². The molecule has 0 aliphatic carbocycles. The van der Waals surface area contributed by atoms with Gasteiger partial charge in [0.05, 0.1) is 16.5 Å². The van der Waals surface area contributed by atoms with Gasteiger partial charge in [-0.15, -0.1) is 0 Å². The molecule has 5 heteroatoms. The van der Waals surface area contributed by atoms with E-state index in [1.54, 1.807) is 6.07 Å². The molecule has 1 nitrogen and oxygen atoms in total. The van der Waals surface area contributed by atoms with Crippen molar-refractivity contribution in [2.24, 2.45) is 0 Å². The van der Waals surface area contributed by atoms with Crippen molar-refractivity contribution in [2.45, 2.75) is 18.7 Å². The fourth-order valence-corrected chi connectivity index (χ4v) is 3.75. The van der Waals surface area contributed by atoms with Crippen LogP contribution in [0.5, 0.6) is 5.75 Å². The number of rotatable bonds is 4. The lowest BCUT2D eigenvalue weighted by molar-refractivity contribution is 0.340. The van der Waals surface area contributed by atoms with E-state index in [1.165, 1.54) is 0 Å². The Morgan fingerprint density at radius 2 is 1.76 bits per heavy atom. The van der Waals surface area contributed by atoms with Crippen molar-refractivity contribution in [3.05, 3.63) is 62.1 Å². The van der Waals surface area contributed by atoms with E-state index in [2.05, 4.69) is 15.9 Å². The second-order valence-electron chi connectivity index (χ2n) is 4.55. The van der Waals surface area contributed by atoms with Crippen LogP contribution in [0.25, 0.3) is 0 Å². The molecule has 0 fully saturated rings. The first-order valence-electron chi connectivity index (χ1n) is 6.46. The van der Waals surface area contributed by atoms with Crippen LogP contribution in [0.1, 0.15) is 28.4 Å². The SMILES string of the molecule is CCOc1cc(Cl)c(C(Br)c2cccc(Cl)c2C)cc1Cl. The normalized spacial score (nSPS) is 12.3. The molecular weight excluding hydrogens is 394 g/mol. The van der Waals surface area contributed by atoms with Crippen LogP contribution in [0.2, 0.25) is 15.1 Å². The van der Waals surface area contributed by atoms with Gasteiger partial charge in [-0.1, -0.05) is 62.9 Å². The highest BCUT2D eigenvalue weighted by atomic mass is 79.9. The quantitative estimate of drug-likeness (QED) is 0.503. The Bertz CT molecular complexity index is 658. The highest BCUT2D eigenvalue weighted by molar-refractivity contribution is 9.09. The Morgan fingerprint density at radius 3 is 2.43 bits per heavy atom. The summed E-state index contributed by atoms with van der Waals surface area (Å²) < 4.78 is 5.45. The summed E-state index contributed by atoms with van der Waals surface area (Å²) in [6.07, 6.45) is 0. The summed E-state index contributed by atoms with van der Waals surface area (Å²) in [5, 5.41) is 1.87. The maximum Gasteiger partial charge on any atom is 0.139 e. The van der Waals surface area contributed by atoms with Gasteiger partial charge in [0.2, 0.25) is 0 Å². The van der Waals surface area contributed by atoms with Crippen LogP contribution >= 0.6 is 50.7 Å². The van der Waals surface area contributed by atoms with Gasteiger partial charge in [-0.3, -0.25) is 0 Å². The van der Waals surface area contributed by atoms with Crippen molar-refractivity contribution in [2.75, 3.05) is 6.61 Å². The number of alkyl halides is 1. The van der Waals surface area contributed by atoms with Gasteiger partial charge in [-0.2, -0.15) is 0 Å². The van der Waals surface area contributed by atoms with Crippen molar-refractivity contribution in [1.29, 1.82) is 0 Å². The van der Waals surface area contributed by atoms with Crippen LogP contribution in [-0.2, 0) is 0 Å². The first-order valence-corrected chi connectivity index (χ1v) is 8.51. The molecule has 2 aromatic carbocycles. The largest absolute Gasteiger partial charge is 0.492 e. The topological polar surface area (TPSA) is 9.23 Å². The molecule has 1 atom stereocenters. The third-order valence-electron chi connectivity index (χ3n) is 3.21. The first kappa shape index (κ1) is 17.0. The van der Waals surface area contributed by atoms with E-state index in [0.29, 0.717) is 22.4 Å². The Labute approximate surface area is 148 Å². The molecule has 0 aliphatic rings. The molecule has 0 bridgehead atoms. The van der Waals surface area contributed by atoms with Crippen molar-refractivity contribution in [3.63, 3.8) is 0 Å². The summed E-state index contributed by atoms with van der Waals surface area (Å²) in [6, 6.07) is 9.38. The minimum atomic E-state index is -0.0862. The number of benzene rings is 2. The number of halogens is 4. The van der Waals surface area contributed by atoms with Gasteiger partial charge in [0.25, 0.3) is 0 Å². The zero-order valence-electron chi connectivity index (χ0n) is 11.6. The summed E-state index contributed by atoms with van der Waals surface area (Å²) in [6.45, 7) is 4.43. The highest BCUT2D eigenvalue weighted by Crippen LogP contribution is 2.41. The first-order chi connectivity index (χ1) is 9.95. The fraction of sp³-hybridized carbons (Fsp3) is 0.250. The summed E-state index contributed by atoms with van der Waals surface area (Å²) in [4.78, 5) is -0.0862. The van der Waals surface area contributed by atoms with Crippen molar-refractivity contribution >= 4 is 50.7 Å². The van der Waals surface area contributed by atoms with E-state index < -0.39 is 0 Å². The third kappa shape index (κ3) is 3.68. The van der Waals surface area contributed by atoms with E-state index in [-0.39, 0.29) is 4.83 Å². The lowest BCUT2D eigenvalue weighted by Gasteiger charge is -2.17. The van der Waals surface area contributed by atoms with Gasteiger partial charge in [0, 0.05) is 16.1 Å². The van der Waals surface area contributed by atoms with Gasteiger partial charge < -0.3 is 4.74 Å². The Balaban J connectivity index is 2.46. The second kappa shape index (κ2) is 7.23. The van der Waals surface area contributed by atoms with E-state index >= 15 is 0 Å². The number of ether oxygens (including phenoxy) is 1. The summed E-state index contributed by atoms with van der Waals surface area (Å²) in [5.74, 6) is 0.593. The van der Waals surface area contributed by atoms with Crippen LogP contribution in [0, 0.1) is 6.92 Å². The molecule has 0 saturated carbocycles. The Kier molecular flexibility index (Phi) is 5.84. The van der Waals surface area contributed by atoms with Gasteiger partial charge in [-0.25, -0.2) is 0 Å². The molecule has 0 heterocycles. The van der Waals surface area contributed by atoms with E-state index in [0.717, 1.165) is 21.7 Å². The minimum absolute atomic E-state index is 0.0862. The number of hydrogen-bond donors (Lipinski definition) is 0. The molecule has 0 N–H and O–H groups in total. The molecule has 21 heavy (non-hydrogen) atoms. The van der Waals surface area contributed by atoms with Crippen molar-refractivity contribution < 1.29 is 4.74 Å². The van der Waals surface area contributed by atoms with Crippen LogP contribution in [0.4, 0.5) is 0 Å². The van der Waals surface area contributed by atoms with Crippen LogP contribution in [0.15, 0.2) is 30.3 Å². The molecule has 112 valence electrons. The maximum atomic E-state index is 6.37. The molecule has 0 aromatic heterocycles. The smallest absolute Gasteiger partial charge is 0.139 e. The molecule has 0 saturated heterocycles. The Morgan fingerprint density at radius 1 is 1.05 bits per heavy atom. The summed E-state index contributed by atoms with van der Waals surface area (Å²) >= 11 is 22.5. The van der Waals surface area contributed by atoms with Crippen LogP contribution < -0.4 is 4.74 Å². The predicted molar refractivity (Wildman–Crippen MR) is 94.6 cm³/mol. The zero-order valence-corrected chi connectivity index (χ0v) is 15.4. The molecule has 2 aromatic rings. The second-order valence-corrected chi connectivity index (χ2v) is 6.69. The summed E-state index contributed by atoms with van der Waals surface area (Å²) in [5.41, 5.74) is 2.96. The minimum Gasteiger partial charge on any atom is -0.492 e. The zero-order chi connectivity index (χ0) is 15.6. The van der Waals surface area contributed by atoms with E-state index in [9.17, 15) is 0 Å². The average Bonchev–Trinajstić information content (AvgIpc) is 2.45. The molecule has 1 unspecified atom stereocenters. The van der Waals surface area contributed by atoms with Crippen LogP contribution in [0.3, 0.4) is 0 Å². The monoisotopic (exact) mass is 406 g/mol. The van der Waals surface area contributed by atoms with E-state index in [1.807, 2.05) is 38.1 Å². The highest BCUT2D eigenvalue weighted by Gasteiger charge is 2.19. The van der Waals surface area contributed by atoms with Gasteiger partial charge >= 0.3 is 0 Å². The average molecular weight is 409 g/mol. The lowest BCUT2D eigenvalue weighted by Crippen LogP contribution is -1.99. The predicted octanol–water partition coefficient (Wildman–Crippen LogP) is 6.84. The molecule has 0 spiro atoms. The maximum absolute atomic E-state index is 6.37. The van der Waals surface area contributed by atoms with Crippen molar-refractivity contribution in [3.8, 4) is 5.75 Å². The van der Waals surface area contributed by atoms with Gasteiger partial charge in [-0.05, 0) is 42.7 Å². The van der Waals surface area contributed by atoms with Gasteiger partial charge in [0.15, 0.2) is 0 Å². The lowest BCUT2D eigenvalue weighted by atomic mass is 10.00. The van der Waals surface area contributed by atoms with Crippen LogP contribution in [-0.4, -0.2) is 6.61 Å². The molecule has 0 radical (unpaired) electrons. The molecule has 0 aliphatic heterocycles. The van der Waals surface area contributed by atoms with E-state index in [4.69, 9.17) is 39.5 Å². The summed E-state index contributed by atoms with van der Waals surface area (Å²) in [7, 11) is 0. The van der Waals surface area contributed by atoms with Gasteiger partial charge in [0.1, 0.15) is 5.75 Å². The molecule has 2 rings (SSSR count). The molecule has 0 amide bonds. The fourth-order valence-electron chi connectivity index (χ4n) is 2.07. The number of hydrogen-bond acceptors (Lipinski definition) is 1. The Hall–Kier alpha value is -0.410. The molecular formula is C16H14BrCl3O. The standard InChI is InChI=1S/C16H14BrCl3O/c1-3-21-15-8-13(19)11(7-14(15)20)16(17)10-5-4-6-12(18)9(10)2/h4-8,16H,3H2,1-2H3. The third-order valence-corrected chi connectivity index (χ3v) is 5.23.